The number of methoxy groups -OCH3 is 1. The Hall–Kier alpha value is -3.07. The molecule has 0 saturated heterocycles. The zero-order valence-electron chi connectivity index (χ0n) is 15.6. The quantitative estimate of drug-likeness (QED) is 0.797. The molecular weight excluding hydrogens is 382 g/mol. The number of carbonyl (C=O) groups excluding carboxylic acids is 3. The van der Waals surface area contributed by atoms with Gasteiger partial charge in [-0.05, 0) is 37.1 Å². The Balaban J connectivity index is 1.87. The molecule has 0 aliphatic carbocycles. The highest BCUT2D eigenvalue weighted by molar-refractivity contribution is 7.17. The summed E-state index contributed by atoms with van der Waals surface area (Å²) in [4.78, 5) is 39.1. The Labute approximate surface area is 166 Å². The van der Waals surface area contributed by atoms with E-state index in [1.807, 2.05) is 0 Å². The molecular formula is C19H21N3O5S. The minimum absolute atomic E-state index is 0.293. The van der Waals surface area contributed by atoms with Crippen molar-refractivity contribution in [3.63, 3.8) is 0 Å². The number of nitrogens with one attached hydrogen (secondary N) is 1. The van der Waals surface area contributed by atoms with E-state index in [0.717, 1.165) is 10.4 Å². The van der Waals surface area contributed by atoms with Gasteiger partial charge < -0.3 is 25.4 Å². The molecule has 2 heterocycles. The highest BCUT2D eigenvalue weighted by Gasteiger charge is 2.30. The fourth-order valence-electron chi connectivity index (χ4n) is 3.06. The van der Waals surface area contributed by atoms with E-state index in [4.69, 9.17) is 15.2 Å². The van der Waals surface area contributed by atoms with Crippen molar-refractivity contribution < 1.29 is 23.9 Å². The predicted octanol–water partition coefficient (Wildman–Crippen LogP) is 2.62. The summed E-state index contributed by atoms with van der Waals surface area (Å²) in [6.07, 6.45) is 0.0712. The third-order valence-electron chi connectivity index (χ3n) is 4.39. The molecule has 0 saturated carbocycles. The number of fused-ring (bicyclic) bond motifs is 1. The second-order valence-corrected chi connectivity index (χ2v) is 7.23. The molecule has 2 aromatic rings. The first-order chi connectivity index (χ1) is 13.4. The van der Waals surface area contributed by atoms with Gasteiger partial charge in [0.25, 0.3) is 11.8 Å². The Kier molecular flexibility index (Phi) is 5.84. The normalized spacial score (nSPS) is 12.9. The van der Waals surface area contributed by atoms with Crippen LogP contribution in [0.25, 0.3) is 0 Å². The van der Waals surface area contributed by atoms with Crippen molar-refractivity contribution in [2.75, 3.05) is 25.6 Å². The van der Waals surface area contributed by atoms with Crippen LogP contribution in [0.2, 0.25) is 0 Å². The first-order valence-electron chi connectivity index (χ1n) is 8.76. The number of ether oxygens (including phenoxy) is 2. The third kappa shape index (κ3) is 3.94. The van der Waals surface area contributed by atoms with Gasteiger partial charge in [0.15, 0.2) is 0 Å². The van der Waals surface area contributed by atoms with E-state index in [1.54, 1.807) is 36.1 Å². The van der Waals surface area contributed by atoms with E-state index in [1.165, 1.54) is 18.4 Å². The Morgan fingerprint density at radius 1 is 1.32 bits per heavy atom. The van der Waals surface area contributed by atoms with Gasteiger partial charge >= 0.3 is 6.09 Å². The second kappa shape index (κ2) is 8.30. The summed E-state index contributed by atoms with van der Waals surface area (Å²) in [7, 11) is 1.52. The van der Waals surface area contributed by atoms with Gasteiger partial charge in [0, 0.05) is 17.0 Å². The van der Waals surface area contributed by atoms with Gasteiger partial charge in [-0.1, -0.05) is 6.07 Å². The number of nitrogens with zero attached hydrogens (tertiary/aromatic N) is 1. The largest absolute Gasteiger partial charge is 0.497 e. The van der Waals surface area contributed by atoms with Gasteiger partial charge in [-0.25, -0.2) is 4.79 Å². The summed E-state index contributed by atoms with van der Waals surface area (Å²) in [6.45, 7) is 2.77. The van der Waals surface area contributed by atoms with Gasteiger partial charge in [-0.2, -0.15) is 0 Å². The molecule has 0 bridgehead atoms. The summed E-state index contributed by atoms with van der Waals surface area (Å²) in [5.74, 6) is -0.427. The average Bonchev–Trinajstić information content (AvgIpc) is 3.05. The van der Waals surface area contributed by atoms with Crippen LogP contribution in [0.4, 0.5) is 9.80 Å². The Morgan fingerprint density at radius 2 is 2.11 bits per heavy atom. The van der Waals surface area contributed by atoms with Crippen LogP contribution in [0.1, 0.15) is 38.1 Å². The van der Waals surface area contributed by atoms with Crippen LogP contribution in [0.5, 0.6) is 5.75 Å². The lowest BCUT2D eigenvalue weighted by Gasteiger charge is -2.26. The fraction of sp³-hybridized carbons (Fsp3) is 0.316. The number of amides is 3. The highest BCUT2D eigenvalue weighted by Crippen LogP contribution is 2.37. The average molecular weight is 403 g/mol. The molecule has 1 aromatic heterocycles. The van der Waals surface area contributed by atoms with Crippen LogP contribution in [0.15, 0.2) is 24.3 Å². The summed E-state index contributed by atoms with van der Waals surface area (Å²) < 4.78 is 10.2. The number of primary amides is 1. The summed E-state index contributed by atoms with van der Waals surface area (Å²) >= 11 is 1.25. The van der Waals surface area contributed by atoms with Gasteiger partial charge in [-0.15, -0.1) is 11.3 Å². The number of rotatable bonds is 5. The molecule has 3 N–H and O–H groups in total. The fourth-order valence-corrected chi connectivity index (χ4v) is 4.33. The summed E-state index contributed by atoms with van der Waals surface area (Å²) in [6, 6.07) is 6.70. The number of hydrogen-bond donors (Lipinski definition) is 2. The lowest BCUT2D eigenvalue weighted by molar-refractivity contribution is 0.0997. The first kappa shape index (κ1) is 19.7. The van der Waals surface area contributed by atoms with Crippen LogP contribution >= 0.6 is 11.3 Å². The number of nitrogens with two attached hydrogens (primary N) is 1. The maximum absolute atomic E-state index is 12.6. The predicted molar refractivity (Wildman–Crippen MR) is 105 cm³/mol. The molecule has 8 nitrogen and oxygen atoms in total. The van der Waals surface area contributed by atoms with Crippen molar-refractivity contribution in [3.05, 3.63) is 45.8 Å². The van der Waals surface area contributed by atoms with Crippen molar-refractivity contribution in [1.82, 2.24) is 4.90 Å². The van der Waals surface area contributed by atoms with Gasteiger partial charge in [0.05, 0.1) is 25.8 Å². The highest BCUT2D eigenvalue weighted by atomic mass is 32.1. The zero-order chi connectivity index (χ0) is 20.3. The first-order valence-corrected chi connectivity index (χ1v) is 9.57. The van der Waals surface area contributed by atoms with Crippen LogP contribution in [-0.4, -0.2) is 43.1 Å². The molecule has 0 radical (unpaired) electrons. The third-order valence-corrected chi connectivity index (χ3v) is 5.52. The molecule has 1 aliphatic rings. The molecule has 0 atom stereocenters. The molecule has 0 fully saturated rings. The second-order valence-electron chi connectivity index (χ2n) is 6.13. The molecule has 1 aromatic carbocycles. The standard InChI is InChI=1S/C19H21N3O5S/c1-3-27-19(25)22-8-7-13-14(10-22)28-18(15(13)16(20)23)21-17(24)11-5-4-6-12(9-11)26-2/h4-6,9H,3,7-8,10H2,1-2H3,(H2,20,23)(H,21,24). The number of thiophene rings is 1. The lowest BCUT2D eigenvalue weighted by Crippen LogP contribution is -2.36. The zero-order valence-corrected chi connectivity index (χ0v) is 16.4. The topological polar surface area (TPSA) is 111 Å². The maximum Gasteiger partial charge on any atom is 0.410 e. The molecule has 148 valence electrons. The Morgan fingerprint density at radius 3 is 2.79 bits per heavy atom. The van der Waals surface area contributed by atoms with Gasteiger partial charge in [-0.3, -0.25) is 9.59 Å². The Bertz CT molecular complexity index is 924. The smallest absolute Gasteiger partial charge is 0.410 e. The van der Waals surface area contributed by atoms with E-state index in [0.29, 0.717) is 48.0 Å². The maximum atomic E-state index is 12.6. The number of anilines is 1. The molecule has 3 rings (SSSR count). The van der Waals surface area contributed by atoms with Crippen LogP contribution in [0.3, 0.4) is 0 Å². The lowest BCUT2D eigenvalue weighted by atomic mass is 10.0. The summed E-state index contributed by atoms with van der Waals surface area (Å²) in [5.41, 5.74) is 7.06. The van der Waals surface area contributed by atoms with E-state index in [9.17, 15) is 14.4 Å². The molecule has 9 heteroatoms. The van der Waals surface area contributed by atoms with Crippen LogP contribution < -0.4 is 15.8 Å². The van der Waals surface area contributed by atoms with E-state index in [-0.39, 0.29) is 5.91 Å². The van der Waals surface area contributed by atoms with E-state index < -0.39 is 12.0 Å². The summed E-state index contributed by atoms with van der Waals surface area (Å²) in [5, 5.41) is 3.16. The van der Waals surface area contributed by atoms with Gasteiger partial charge in [0.2, 0.25) is 0 Å². The molecule has 28 heavy (non-hydrogen) atoms. The number of carbonyl (C=O) groups is 3. The monoisotopic (exact) mass is 403 g/mol. The van der Waals surface area contributed by atoms with Crippen molar-refractivity contribution in [2.45, 2.75) is 19.9 Å². The minimum Gasteiger partial charge on any atom is -0.497 e. The number of benzene rings is 1. The van der Waals surface area contributed by atoms with E-state index in [2.05, 4.69) is 5.32 Å². The minimum atomic E-state index is -0.608. The van der Waals surface area contributed by atoms with E-state index >= 15 is 0 Å². The molecule has 0 unspecified atom stereocenters. The SMILES string of the molecule is CCOC(=O)N1CCc2c(sc(NC(=O)c3cccc(OC)c3)c2C(N)=O)C1. The molecule has 3 amide bonds. The van der Waals surface area contributed by atoms with Crippen LogP contribution in [0, 0.1) is 0 Å². The van der Waals surface area contributed by atoms with Gasteiger partial charge in [0.1, 0.15) is 10.8 Å². The van der Waals surface area contributed by atoms with Crippen molar-refractivity contribution in [3.8, 4) is 5.75 Å². The van der Waals surface area contributed by atoms with Crippen LogP contribution in [-0.2, 0) is 17.7 Å². The molecule has 0 spiro atoms. The van der Waals surface area contributed by atoms with Crippen molar-refractivity contribution >= 4 is 34.2 Å². The number of hydrogen-bond acceptors (Lipinski definition) is 6. The van der Waals surface area contributed by atoms with Crippen molar-refractivity contribution in [2.24, 2.45) is 5.73 Å². The molecule has 1 aliphatic heterocycles. The van der Waals surface area contributed by atoms with Crippen molar-refractivity contribution in [1.29, 1.82) is 0 Å².